The molecule has 21 heavy (non-hydrogen) atoms. The zero-order chi connectivity index (χ0) is 15.0. The molecule has 1 aliphatic rings. The summed E-state index contributed by atoms with van der Waals surface area (Å²) in [6.45, 7) is 1.04. The molecule has 0 spiro atoms. The number of pyridine rings is 1. The summed E-state index contributed by atoms with van der Waals surface area (Å²) in [5, 5.41) is 0.00664. The SMILES string of the molecule is CN(CCNS(=O)(=O)c1c(N)nc2ccccn12)C1CC1. The maximum absolute atomic E-state index is 12.4. The average molecular weight is 309 g/mol. The first-order valence-electron chi connectivity index (χ1n) is 6.91. The van der Waals surface area contributed by atoms with Crippen molar-refractivity contribution in [3.8, 4) is 0 Å². The number of hydrogen-bond acceptors (Lipinski definition) is 5. The molecule has 8 heteroatoms. The molecule has 0 radical (unpaired) electrons. The van der Waals surface area contributed by atoms with Gasteiger partial charge in [0, 0.05) is 25.3 Å². The van der Waals surface area contributed by atoms with E-state index in [0.717, 1.165) is 0 Å². The molecule has 3 rings (SSSR count). The lowest BCUT2D eigenvalue weighted by atomic mass is 10.5. The van der Waals surface area contributed by atoms with Gasteiger partial charge >= 0.3 is 0 Å². The number of sulfonamides is 1. The van der Waals surface area contributed by atoms with Crippen molar-refractivity contribution in [1.82, 2.24) is 19.0 Å². The van der Waals surface area contributed by atoms with Gasteiger partial charge in [-0.25, -0.2) is 18.1 Å². The van der Waals surface area contributed by atoms with E-state index >= 15 is 0 Å². The maximum Gasteiger partial charge on any atom is 0.260 e. The van der Waals surface area contributed by atoms with Crippen LogP contribution in [0.5, 0.6) is 0 Å². The Labute approximate surface area is 123 Å². The molecule has 2 aromatic heterocycles. The Balaban J connectivity index is 1.78. The first-order valence-corrected chi connectivity index (χ1v) is 8.40. The van der Waals surface area contributed by atoms with Crippen LogP contribution in [0.15, 0.2) is 29.4 Å². The van der Waals surface area contributed by atoms with Gasteiger partial charge in [-0.2, -0.15) is 0 Å². The third-order valence-electron chi connectivity index (χ3n) is 3.69. The molecule has 3 N–H and O–H groups in total. The summed E-state index contributed by atoms with van der Waals surface area (Å²) in [6, 6.07) is 5.86. The van der Waals surface area contributed by atoms with Crippen LogP contribution >= 0.6 is 0 Å². The maximum atomic E-state index is 12.4. The van der Waals surface area contributed by atoms with Gasteiger partial charge in [0.15, 0.2) is 10.8 Å². The van der Waals surface area contributed by atoms with Gasteiger partial charge in [-0.05, 0) is 32.0 Å². The summed E-state index contributed by atoms with van der Waals surface area (Å²) in [7, 11) is -1.67. The van der Waals surface area contributed by atoms with Gasteiger partial charge in [0.2, 0.25) is 0 Å². The molecular weight excluding hydrogens is 290 g/mol. The predicted molar refractivity (Wildman–Crippen MR) is 80.4 cm³/mol. The third-order valence-corrected chi connectivity index (χ3v) is 5.19. The van der Waals surface area contributed by atoms with E-state index in [1.54, 1.807) is 24.4 Å². The minimum Gasteiger partial charge on any atom is -0.381 e. The van der Waals surface area contributed by atoms with Gasteiger partial charge in [0.1, 0.15) is 5.65 Å². The Morgan fingerprint density at radius 3 is 2.95 bits per heavy atom. The molecule has 114 valence electrons. The van der Waals surface area contributed by atoms with Crippen molar-refractivity contribution in [1.29, 1.82) is 0 Å². The van der Waals surface area contributed by atoms with Gasteiger partial charge in [-0.15, -0.1) is 0 Å². The second kappa shape index (κ2) is 5.28. The summed E-state index contributed by atoms with van der Waals surface area (Å²) in [6.07, 6.45) is 4.04. The monoisotopic (exact) mass is 309 g/mol. The van der Waals surface area contributed by atoms with E-state index in [9.17, 15) is 8.42 Å². The first-order chi connectivity index (χ1) is 9.99. The van der Waals surface area contributed by atoms with Crippen molar-refractivity contribution >= 4 is 21.5 Å². The van der Waals surface area contributed by atoms with Crippen LogP contribution in [0.1, 0.15) is 12.8 Å². The largest absolute Gasteiger partial charge is 0.381 e. The van der Waals surface area contributed by atoms with Crippen molar-refractivity contribution in [3.63, 3.8) is 0 Å². The van der Waals surface area contributed by atoms with Gasteiger partial charge in [0.05, 0.1) is 0 Å². The minimum atomic E-state index is -3.68. The second-order valence-electron chi connectivity index (χ2n) is 5.34. The number of imidazole rings is 1. The Hall–Kier alpha value is -1.64. The highest BCUT2D eigenvalue weighted by molar-refractivity contribution is 7.89. The Morgan fingerprint density at radius 1 is 1.48 bits per heavy atom. The molecule has 2 heterocycles. The molecule has 7 nitrogen and oxygen atoms in total. The van der Waals surface area contributed by atoms with Crippen LogP contribution < -0.4 is 10.5 Å². The molecule has 0 bridgehead atoms. The van der Waals surface area contributed by atoms with Crippen LogP contribution in [-0.2, 0) is 10.0 Å². The smallest absolute Gasteiger partial charge is 0.260 e. The lowest BCUT2D eigenvalue weighted by Crippen LogP contribution is -2.34. The summed E-state index contributed by atoms with van der Waals surface area (Å²) < 4.78 is 28.9. The molecule has 0 amide bonds. The molecule has 0 atom stereocenters. The van der Waals surface area contributed by atoms with Gasteiger partial charge in [0.25, 0.3) is 10.0 Å². The van der Waals surface area contributed by atoms with E-state index in [-0.39, 0.29) is 10.8 Å². The average Bonchev–Trinajstić information content (AvgIpc) is 3.20. The molecular formula is C13H19N5O2S. The normalized spacial score (nSPS) is 15.9. The number of nitrogens with zero attached hydrogens (tertiary/aromatic N) is 3. The van der Waals surface area contributed by atoms with Crippen molar-refractivity contribution in [2.24, 2.45) is 0 Å². The lowest BCUT2D eigenvalue weighted by molar-refractivity contribution is 0.329. The van der Waals surface area contributed by atoms with Gasteiger partial charge < -0.3 is 10.6 Å². The molecule has 1 saturated carbocycles. The van der Waals surface area contributed by atoms with Gasteiger partial charge in [-0.1, -0.05) is 6.07 Å². The molecule has 1 fully saturated rings. The number of rotatable bonds is 6. The van der Waals surface area contributed by atoms with Crippen LogP contribution in [0.3, 0.4) is 0 Å². The highest BCUT2D eigenvalue weighted by atomic mass is 32.2. The van der Waals surface area contributed by atoms with E-state index in [4.69, 9.17) is 5.73 Å². The minimum absolute atomic E-state index is 0.00664. The van der Waals surface area contributed by atoms with Crippen LogP contribution in [0.2, 0.25) is 0 Å². The van der Waals surface area contributed by atoms with E-state index in [1.807, 2.05) is 7.05 Å². The second-order valence-corrected chi connectivity index (χ2v) is 7.02. The number of nitrogens with two attached hydrogens (primary N) is 1. The number of fused-ring (bicyclic) bond motifs is 1. The van der Waals surface area contributed by atoms with Gasteiger partial charge in [-0.3, -0.25) is 4.40 Å². The molecule has 0 unspecified atom stereocenters. The number of likely N-dealkylation sites (N-methyl/N-ethyl adjacent to an activating group) is 1. The first kappa shape index (κ1) is 14.3. The molecule has 1 aliphatic carbocycles. The van der Waals surface area contributed by atoms with Crippen molar-refractivity contribution < 1.29 is 8.42 Å². The molecule has 0 aliphatic heterocycles. The number of nitrogen functional groups attached to an aromatic ring is 1. The number of hydrogen-bond donors (Lipinski definition) is 2. The standard InChI is InChI=1S/C13H19N5O2S/c1-17(10-5-6-10)9-7-15-21(19,20)13-12(14)16-11-4-2-3-8-18(11)13/h2-4,8,10,15H,5-7,9,14H2,1H3. The number of aromatic nitrogens is 2. The van der Waals surface area contributed by atoms with E-state index in [1.165, 1.54) is 17.2 Å². The quantitative estimate of drug-likeness (QED) is 0.800. The summed E-state index contributed by atoms with van der Waals surface area (Å²) in [4.78, 5) is 6.24. The lowest BCUT2D eigenvalue weighted by Gasteiger charge is -2.15. The highest BCUT2D eigenvalue weighted by Crippen LogP contribution is 2.24. The topological polar surface area (TPSA) is 92.7 Å². The van der Waals surface area contributed by atoms with Crippen LogP contribution in [0.25, 0.3) is 5.65 Å². The molecule has 2 aromatic rings. The Kier molecular flexibility index (Phi) is 3.60. The summed E-state index contributed by atoms with van der Waals surface area (Å²) in [5.74, 6) is 0.0178. The highest BCUT2D eigenvalue weighted by Gasteiger charge is 2.27. The fraction of sp³-hybridized carbons (Fsp3) is 0.462. The van der Waals surface area contributed by atoms with Crippen LogP contribution in [-0.4, -0.2) is 48.9 Å². The van der Waals surface area contributed by atoms with Crippen LogP contribution in [0.4, 0.5) is 5.82 Å². The predicted octanol–water partition coefficient (Wildman–Crippen LogP) is 0.289. The van der Waals surface area contributed by atoms with E-state index < -0.39 is 10.0 Å². The van der Waals surface area contributed by atoms with E-state index in [0.29, 0.717) is 24.8 Å². The molecule has 0 saturated heterocycles. The zero-order valence-electron chi connectivity index (χ0n) is 11.9. The van der Waals surface area contributed by atoms with Crippen molar-refractivity contribution in [3.05, 3.63) is 24.4 Å². The third kappa shape index (κ3) is 2.87. The van der Waals surface area contributed by atoms with Crippen LogP contribution in [0, 0.1) is 0 Å². The van der Waals surface area contributed by atoms with Crippen molar-refractivity contribution in [2.75, 3.05) is 25.9 Å². The Morgan fingerprint density at radius 2 is 2.24 bits per heavy atom. The fourth-order valence-electron chi connectivity index (χ4n) is 2.38. The molecule has 0 aromatic carbocycles. The number of anilines is 1. The fourth-order valence-corrected chi connectivity index (χ4v) is 3.61. The van der Waals surface area contributed by atoms with Crippen molar-refractivity contribution in [2.45, 2.75) is 23.9 Å². The summed E-state index contributed by atoms with van der Waals surface area (Å²) in [5.41, 5.74) is 6.29. The van der Waals surface area contributed by atoms with E-state index in [2.05, 4.69) is 14.6 Å². The zero-order valence-corrected chi connectivity index (χ0v) is 12.7. The Bertz CT molecular complexity index is 751. The number of nitrogens with one attached hydrogen (secondary N) is 1. The summed E-state index contributed by atoms with van der Waals surface area (Å²) >= 11 is 0.